The maximum Gasteiger partial charge on any atom is 0.0894 e. The summed E-state index contributed by atoms with van der Waals surface area (Å²) in [7, 11) is 0. The molecule has 106 valence electrons. The number of alkyl halides is 1. The zero-order valence-electron chi connectivity index (χ0n) is 11.8. The number of rotatable bonds is 5. The topological polar surface area (TPSA) is 0 Å². The maximum absolute atomic E-state index is 12.1. The standard InChI is InChI=1S/C17H24ClF/c1-13-5-8-16(12-17(13)18)15-9-6-14(7-10-15)4-2-3-11-19/h5,8,12,14-15H,2-4,6-7,9-11H2,1H3. The van der Waals surface area contributed by atoms with Gasteiger partial charge >= 0.3 is 0 Å². The second kappa shape index (κ2) is 7.28. The van der Waals surface area contributed by atoms with Crippen LogP contribution in [0.5, 0.6) is 0 Å². The summed E-state index contributed by atoms with van der Waals surface area (Å²) in [5, 5.41) is 0.891. The normalized spacial score (nSPS) is 23.5. The highest BCUT2D eigenvalue weighted by molar-refractivity contribution is 6.31. The fraction of sp³-hybridized carbons (Fsp3) is 0.647. The van der Waals surface area contributed by atoms with Crippen LogP contribution in [-0.4, -0.2) is 6.67 Å². The molecule has 0 unspecified atom stereocenters. The first-order chi connectivity index (χ1) is 9.20. The van der Waals surface area contributed by atoms with Crippen molar-refractivity contribution in [2.45, 2.75) is 57.8 Å². The largest absolute Gasteiger partial charge is 0.251 e. The van der Waals surface area contributed by atoms with Gasteiger partial charge in [0.1, 0.15) is 0 Å². The maximum atomic E-state index is 12.1. The Morgan fingerprint density at radius 1 is 1.16 bits per heavy atom. The molecule has 0 spiro atoms. The highest BCUT2D eigenvalue weighted by atomic mass is 35.5. The summed E-state index contributed by atoms with van der Waals surface area (Å²) in [4.78, 5) is 0. The van der Waals surface area contributed by atoms with Gasteiger partial charge in [0.2, 0.25) is 0 Å². The minimum Gasteiger partial charge on any atom is -0.251 e. The van der Waals surface area contributed by atoms with Gasteiger partial charge in [-0.1, -0.05) is 36.6 Å². The molecule has 0 aliphatic heterocycles. The van der Waals surface area contributed by atoms with Crippen molar-refractivity contribution in [1.29, 1.82) is 0 Å². The molecule has 1 aromatic carbocycles. The summed E-state index contributed by atoms with van der Waals surface area (Å²) >= 11 is 6.21. The lowest BCUT2D eigenvalue weighted by Crippen LogP contribution is -2.13. The smallest absolute Gasteiger partial charge is 0.0894 e. The molecular formula is C17H24ClF. The Kier molecular flexibility index (Phi) is 5.69. The van der Waals surface area contributed by atoms with Crippen LogP contribution in [0.4, 0.5) is 4.39 Å². The monoisotopic (exact) mass is 282 g/mol. The molecule has 0 amide bonds. The van der Waals surface area contributed by atoms with E-state index in [0.29, 0.717) is 5.92 Å². The zero-order valence-corrected chi connectivity index (χ0v) is 12.6. The SMILES string of the molecule is Cc1ccc(C2CCC(CCCCF)CC2)cc1Cl. The third-order valence-corrected chi connectivity index (χ3v) is 4.92. The summed E-state index contributed by atoms with van der Waals surface area (Å²) in [5.74, 6) is 1.50. The summed E-state index contributed by atoms with van der Waals surface area (Å²) in [6, 6.07) is 6.51. The van der Waals surface area contributed by atoms with E-state index in [4.69, 9.17) is 11.6 Å². The lowest BCUT2D eigenvalue weighted by molar-refractivity contribution is 0.298. The van der Waals surface area contributed by atoms with Crippen molar-refractivity contribution in [3.63, 3.8) is 0 Å². The summed E-state index contributed by atoms with van der Waals surface area (Å²) in [6.45, 7) is 1.89. The van der Waals surface area contributed by atoms with Gasteiger partial charge in [-0.25, -0.2) is 0 Å². The van der Waals surface area contributed by atoms with Gasteiger partial charge in [-0.05, 0) is 68.1 Å². The molecule has 1 aliphatic rings. The molecule has 0 radical (unpaired) electrons. The Morgan fingerprint density at radius 3 is 2.53 bits per heavy atom. The Labute approximate surface area is 121 Å². The van der Waals surface area contributed by atoms with Crippen LogP contribution in [0.3, 0.4) is 0 Å². The quantitative estimate of drug-likeness (QED) is 0.576. The van der Waals surface area contributed by atoms with E-state index in [0.717, 1.165) is 29.3 Å². The van der Waals surface area contributed by atoms with Gasteiger partial charge in [0, 0.05) is 5.02 Å². The van der Waals surface area contributed by atoms with Crippen LogP contribution in [0.2, 0.25) is 5.02 Å². The highest BCUT2D eigenvalue weighted by Gasteiger charge is 2.22. The van der Waals surface area contributed by atoms with E-state index in [1.165, 1.54) is 37.7 Å². The minimum atomic E-state index is -0.156. The van der Waals surface area contributed by atoms with E-state index in [9.17, 15) is 4.39 Å². The average molecular weight is 283 g/mol. The van der Waals surface area contributed by atoms with Gasteiger partial charge in [-0.2, -0.15) is 0 Å². The first-order valence-corrected chi connectivity index (χ1v) is 7.90. The molecule has 2 heteroatoms. The Morgan fingerprint density at radius 2 is 1.89 bits per heavy atom. The Balaban J connectivity index is 1.84. The van der Waals surface area contributed by atoms with Crippen molar-refractivity contribution < 1.29 is 4.39 Å². The van der Waals surface area contributed by atoms with E-state index < -0.39 is 0 Å². The van der Waals surface area contributed by atoms with Gasteiger partial charge < -0.3 is 0 Å². The van der Waals surface area contributed by atoms with Gasteiger partial charge in [0.25, 0.3) is 0 Å². The van der Waals surface area contributed by atoms with Gasteiger partial charge in [-0.3, -0.25) is 4.39 Å². The van der Waals surface area contributed by atoms with Crippen molar-refractivity contribution in [1.82, 2.24) is 0 Å². The van der Waals surface area contributed by atoms with E-state index >= 15 is 0 Å². The van der Waals surface area contributed by atoms with E-state index in [-0.39, 0.29) is 6.67 Å². The van der Waals surface area contributed by atoms with Crippen molar-refractivity contribution in [2.24, 2.45) is 5.92 Å². The van der Waals surface area contributed by atoms with Gasteiger partial charge in [0.05, 0.1) is 6.67 Å². The third-order valence-electron chi connectivity index (χ3n) is 4.51. The van der Waals surface area contributed by atoms with Crippen LogP contribution in [0.25, 0.3) is 0 Å². The third kappa shape index (κ3) is 4.21. The van der Waals surface area contributed by atoms with Crippen LogP contribution in [0.15, 0.2) is 18.2 Å². The summed E-state index contributed by atoms with van der Waals surface area (Å²) in [5.41, 5.74) is 2.56. The molecule has 0 aromatic heterocycles. The first-order valence-electron chi connectivity index (χ1n) is 7.52. The second-order valence-electron chi connectivity index (χ2n) is 5.91. The predicted molar refractivity (Wildman–Crippen MR) is 80.7 cm³/mol. The summed E-state index contributed by atoms with van der Waals surface area (Å²) in [6.07, 6.45) is 8.13. The molecular weight excluding hydrogens is 259 g/mol. The number of aryl methyl sites for hydroxylation is 1. The molecule has 0 N–H and O–H groups in total. The van der Waals surface area contributed by atoms with Crippen molar-refractivity contribution in [2.75, 3.05) is 6.67 Å². The first kappa shape index (κ1) is 14.8. The van der Waals surface area contributed by atoms with Crippen LogP contribution in [0, 0.1) is 12.8 Å². The summed E-state index contributed by atoms with van der Waals surface area (Å²) < 4.78 is 12.1. The minimum absolute atomic E-state index is 0.156. The molecule has 0 bridgehead atoms. The van der Waals surface area contributed by atoms with Crippen LogP contribution < -0.4 is 0 Å². The lowest BCUT2D eigenvalue weighted by Gasteiger charge is -2.29. The fourth-order valence-corrected chi connectivity index (χ4v) is 3.36. The molecule has 0 saturated heterocycles. The van der Waals surface area contributed by atoms with E-state index in [1.807, 2.05) is 6.92 Å². The fourth-order valence-electron chi connectivity index (χ4n) is 3.18. The molecule has 19 heavy (non-hydrogen) atoms. The van der Waals surface area contributed by atoms with Crippen molar-refractivity contribution >= 4 is 11.6 Å². The molecule has 0 nitrogen and oxygen atoms in total. The number of hydrogen-bond donors (Lipinski definition) is 0. The van der Waals surface area contributed by atoms with Crippen molar-refractivity contribution in [3.05, 3.63) is 34.3 Å². The van der Waals surface area contributed by atoms with Gasteiger partial charge in [0.15, 0.2) is 0 Å². The molecule has 2 rings (SSSR count). The molecule has 0 atom stereocenters. The average Bonchev–Trinajstić information content (AvgIpc) is 2.43. The van der Waals surface area contributed by atoms with Crippen LogP contribution in [0.1, 0.15) is 62.0 Å². The Bertz CT molecular complexity index is 394. The number of hydrogen-bond acceptors (Lipinski definition) is 0. The predicted octanol–water partition coefficient (Wildman–Crippen LogP) is 6.06. The van der Waals surface area contributed by atoms with Crippen molar-refractivity contribution in [3.8, 4) is 0 Å². The van der Waals surface area contributed by atoms with E-state index in [2.05, 4.69) is 18.2 Å². The molecule has 1 aliphatic carbocycles. The highest BCUT2D eigenvalue weighted by Crippen LogP contribution is 2.38. The number of halogens is 2. The number of unbranched alkanes of at least 4 members (excludes halogenated alkanes) is 1. The lowest BCUT2D eigenvalue weighted by atomic mass is 9.77. The molecule has 1 aromatic rings. The molecule has 1 saturated carbocycles. The second-order valence-corrected chi connectivity index (χ2v) is 6.32. The van der Waals surface area contributed by atoms with Gasteiger partial charge in [-0.15, -0.1) is 0 Å². The Hall–Kier alpha value is -0.560. The molecule has 0 heterocycles. The van der Waals surface area contributed by atoms with E-state index in [1.54, 1.807) is 0 Å². The number of benzene rings is 1. The van der Waals surface area contributed by atoms with Crippen LogP contribution in [-0.2, 0) is 0 Å². The zero-order chi connectivity index (χ0) is 13.7. The van der Waals surface area contributed by atoms with Crippen LogP contribution >= 0.6 is 11.6 Å². The molecule has 1 fully saturated rings.